The number of phenolic OH excluding ortho intramolecular Hbond substituents is 1. The molecule has 1 heterocycles. The van der Waals surface area contributed by atoms with E-state index in [4.69, 9.17) is 11.5 Å². The minimum absolute atomic E-state index is 0.0217. The van der Waals surface area contributed by atoms with Crippen LogP contribution in [-0.4, -0.2) is 26.9 Å². The third-order valence-corrected chi connectivity index (χ3v) is 5.33. The number of benzene rings is 2. The number of primary amides is 1. The summed E-state index contributed by atoms with van der Waals surface area (Å²) in [5.74, 6) is -1.01. The van der Waals surface area contributed by atoms with Gasteiger partial charge in [-0.25, -0.2) is 9.97 Å². The lowest BCUT2D eigenvalue weighted by atomic mass is 10.1. The van der Waals surface area contributed by atoms with Crippen LogP contribution in [0.3, 0.4) is 0 Å². The lowest BCUT2D eigenvalue weighted by Crippen LogP contribution is -2.25. The Morgan fingerprint density at radius 3 is 2.70 bits per heavy atom. The number of carbonyl (C=O) groups is 2. The second-order valence-electron chi connectivity index (χ2n) is 6.40. The van der Waals surface area contributed by atoms with Crippen LogP contribution < -0.4 is 16.8 Å². The third-order valence-electron chi connectivity index (χ3n) is 4.35. The number of nitrogens with zero attached hydrogens (tertiary/aromatic N) is 2. The molecule has 0 aliphatic carbocycles. The molecule has 2 aromatic carbocycles. The number of rotatable bonds is 7. The Morgan fingerprint density at radius 2 is 1.97 bits per heavy atom. The normalized spacial score (nSPS) is 10.6. The maximum absolute atomic E-state index is 12.6. The van der Waals surface area contributed by atoms with E-state index in [1.807, 2.05) is 19.1 Å². The molecule has 30 heavy (non-hydrogen) atoms. The van der Waals surface area contributed by atoms with E-state index in [1.54, 1.807) is 30.3 Å². The predicted molar refractivity (Wildman–Crippen MR) is 114 cm³/mol. The third kappa shape index (κ3) is 4.87. The second-order valence-corrected chi connectivity index (χ2v) is 7.47. The molecular formula is C21H21N5O3S. The first kappa shape index (κ1) is 21.1. The van der Waals surface area contributed by atoms with Gasteiger partial charge in [-0.15, -0.1) is 0 Å². The van der Waals surface area contributed by atoms with Crippen molar-refractivity contribution >= 4 is 29.4 Å². The summed E-state index contributed by atoms with van der Waals surface area (Å²) in [4.78, 5) is 33.1. The molecule has 0 aliphatic rings. The van der Waals surface area contributed by atoms with Crippen molar-refractivity contribution in [2.24, 2.45) is 5.73 Å². The molecule has 2 amide bonds. The second kappa shape index (κ2) is 9.27. The number of anilines is 1. The summed E-state index contributed by atoms with van der Waals surface area (Å²) in [5, 5.41) is 13.1. The summed E-state index contributed by atoms with van der Waals surface area (Å²) in [6.07, 6.45) is 2.23. The summed E-state index contributed by atoms with van der Waals surface area (Å²) in [5.41, 5.74) is 13.2. The van der Waals surface area contributed by atoms with E-state index in [-0.39, 0.29) is 23.8 Å². The fourth-order valence-corrected chi connectivity index (χ4v) is 3.62. The van der Waals surface area contributed by atoms with Crippen LogP contribution in [0.2, 0.25) is 0 Å². The summed E-state index contributed by atoms with van der Waals surface area (Å²) in [6, 6.07) is 12.1. The van der Waals surface area contributed by atoms with Crippen molar-refractivity contribution in [2.75, 3.05) is 5.73 Å². The van der Waals surface area contributed by atoms with Gasteiger partial charge in [0, 0.05) is 17.0 Å². The zero-order valence-corrected chi connectivity index (χ0v) is 17.1. The van der Waals surface area contributed by atoms with Gasteiger partial charge < -0.3 is 21.9 Å². The summed E-state index contributed by atoms with van der Waals surface area (Å²) in [6.45, 7) is 2.12. The highest BCUT2D eigenvalue weighted by molar-refractivity contribution is 7.99. The van der Waals surface area contributed by atoms with Crippen molar-refractivity contribution in [3.8, 4) is 5.75 Å². The quantitative estimate of drug-likeness (QED) is 0.457. The number of amides is 2. The van der Waals surface area contributed by atoms with Crippen LogP contribution >= 0.6 is 11.8 Å². The largest absolute Gasteiger partial charge is 0.508 e. The van der Waals surface area contributed by atoms with E-state index in [9.17, 15) is 14.7 Å². The van der Waals surface area contributed by atoms with Gasteiger partial charge in [0.05, 0.1) is 11.8 Å². The standard InChI is InChI=1S/C21H21N5O3S/c1-2-12-7-8-15(27)13(9-12)10-25-21(29)18-19(22)24-11-17(26-18)30-16-6-4-3-5-14(16)20(23)28/h3-9,11,27H,2,10H2,1H3,(H2,22,24)(H2,23,28)(H,25,29). The van der Waals surface area contributed by atoms with Gasteiger partial charge in [-0.05, 0) is 30.2 Å². The van der Waals surface area contributed by atoms with Crippen molar-refractivity contribution in [1.29, 1.82) is 0 Å². The summed E-state index contributed by atoms with van der Waals surface area (Å²) < 4.78 is 0. The number of nitrogens with two attached hydrogens (primary N) is 2. The average Bonchev–Trinajstić information content (AvgIpc) is 2.74. The average molecular weight is 423 g/mol. The van der Waals surface area contributed by atoms with Crippen LogP contribution in [-0.2, 0) is 13.0 Å². The maximum Gasteiger partial charge on any atom is 0.274 e. The number of aromatic nitrogens is 2. The molecule has 154 valence electrons. The molecule has 0 unspecified atom stereocenters. The van der Waals surface area contributed by atoms with E-state index >= 15 is 0 Å². The number of carbonyl (C=O) groups excluding carboxylic acids is 2. The van der Waals surface area contributed by atoms with Crippen molar-refractivity contribution in [3.63, 3.8) is 0 Å². The Hall–Kier alpha value is -3.59. The number of hydrogen-bond donors (Lipinski definition) is 4. The molecule has 1 aromatic heterocycles. The molecule has 0 saturated heterocycles. The minimum atomic E-state index is -0.561. The van der Waals surface area contributed by atoms with Gasteiger partial charge in [-0.1, -0.05) is 43.0 Å². The van der Waals surface area contributed by atoms with Gasteiger partial charge in [0.1, 0.15) is 10.8 Å². The molecule has 3 aromatic rings. The highest BCUT2D eigenvalue weighted by Crippen LogP contribution is 2.29. The molecule has 0 bridgehead atoms. The van der Waals surface area contributed by atoms with Gasteiger partial charge in [-0.2, -0.15) is 0 Å². The molecule has 0 radical (unpaired) electrons. The molecule has 0 spiro atoms. The summed E-state index contributed by atoms with van der Waals surface area (Å²) in [7, 11) is 0. The van der Waals surface area contributed by atoms with Gasteiger partial charge in [0.2, 0.25) is 5.91 Å². The number of nitrogens with one attached hydrogen (secondary N) is 1. The SMILES string of the molecule is CCc1ccc(O)c(CNC(=O)c2nc(Sc3ccccc3C(N)=O)cnc2N)c1. The van der Waals surface area contributed by atoms with Gasteiger partial charge in [0.25, 0.3) is 5.91 Å². The maximum atomic E-state index is 12.6. The van der Waals surface area contributed by atoms with E-state index in [0.717, 1.165) is 23.7 Å². The van der Waals surface area contributed by atoms with E-state index in [1.165, 1.54) is 6.20 Å². The molecule has 3 rings (SSSR count). The Labute approximate surface area is 177 Å². The highest BCUT2D eigenvalue weighted by atomic mass is 32.2. The molecular weight excluding hydrogens is 402 g/mol. The van der Waals surface area contributed by atoms with E-state index in [2.05, 4.69) is 15.3 Å². The minimum Gasteiger partial charge on any atom is -0.508 e. The summed E-state index contributed by atoms with van der Waals surface area (Å²) >= 11 is 1.15. The first-order chi connectivity index (χ1) is 14.4. The van der Waals surface area contributed by atoms with Crippen LogP contribution in [0.1, 0.15) is 38.9 Å². The Morgan fingerprint density at radius 1 is 1.20 bits per heavy atom. The van der Waals surface area contributed by atoms with E-state index in [0.29, 0.717) is 21.0 Å². The first-order valence-electron chi connectivity index (χ1n) is 9.17. The first-order valence-corrected chi connectivity index (χ1v) is 9.98. The smallest absolute Gasteiger partial charge is 0.274 e. The lowest BCUT2D eigenvalue weighted by Gasteiger charge is -2.10. The zero-order valence-electron chi connectivity index (χ0n) is 16.3. The molecule has 0 aliphatic heterocycles. The van der Waals surface area contributed by atoms with Crippen LogP contribution in [0.25, 0.3) is 0 Å². The van der Waals surface area contributed by atoms with Crippen molar-refractivity contribution in [2.45, 2.75) is 29.8 Å². The molecule has 6 N–H and O–H groups in total. The number of phenols is 1. The number of hydrogen-bond acceptors (Lipinski definition) is 7. The van der Waals surface area contributed by atoms with Gasteiger partial charge in [0.15, 0.2) is 11.5 Å². The fraction of sp³-hybridized carbons (Fsp3) is 0.143. The highest BCUT2D eigenvalue weighted by Gasteiger charge is 2.16. The predicted octanol–water partition coefficient (Wildman–Crippen LogP) is 2.51. The topological polar surface area (TPSA) is 144 Å². The molecule has 8 nitrogen and oxygen atoms in total. The number of aryl methyl sites for hydroxylation is 1. The number of nitrogen functional groups attached to an aromatic ring is 1. The molecule has 9 heteroatoms. The van der Waals surface area contributed by atoms with Crippen molar-refractivity contribution < 1.29 is 14.7 Å². The molecule has 0 atom stereocenters. The van der Waals surface area contributed by atoms with Crippen LogP contribution in [0.15, 0.2) is 58.6 Å². The Balaban J connectivity index is 1.78. The molecule has 0 fully saturated rings. The van der Waals surface area contributed by atoms with Crippen molar-refractivity contribution in [1.82, 2.24) is 15.3 Å². The fourth-order valence-electron chi connectivity index (χ4n) is 2.73. The number of aromatic hydroxyl groups is 1. The zero-order chi connectivity index (χ0) is 21.7. The monoisotopic (exact) mass is 423 g/mol. The Bertz CT molecular complexity index is 1100. The van der Waals surface area contributed by atoms with Crippen molar-refractivity contribution in [3.05, 3.63) is 71.0 Å². The lowest BCUT2D eigenvalue weighted by molar-refractivity contribution is 0.0944. The van der Waals surface area contributed by atoms with E-state index < -0.39 is 11.8 Å². The van der Waals surface area contributed by atoms with Gasteiger partial charge >= 0.3 is 0 Å². The Kier molecular flexibility index (Phi) is 6.53. The van der Waals surface area contributed by atoms with Gasteiger partial charge in [-0.3, -0.25) is 9.59 Å². The van der Waals surface area contributed by atoms with Crippen LogP contribution in [0.5, 0.6) is 5.75 Å². The van der Waals surface area contributed by atoms with Crippen LogP contribution in [0, 0.1) is 0 Å². The molecule has 0 saturated carbocycles. The van der Waals surface area contributed by atoms with Crippen LogP contribution in [0.4, 0.5) is 5.82 Å².